The second-order valence-electron chi connectivity index (χ2n) is 24.4. The van der Waals surface area contributed by atoms with Gasteiger partial charge in [-0.2, -0.15) is 20.4 Å². The molecular weight excluding hydrogens is 1480 g/mol. The predicted octanol–water partition coefficient (Wildman–Crippen LogP) is 12.3. The van der Waals surface area contributed by atoms with Gasteiger partial charge >= 0.3 is 36.4 Å². The second kappa shape index (κ2) is 33.4. The Bertz CT molecular complexity index is 5880. The number of methoxy groups -OCH3 is 2. The maximum absolute atomic E-state index is 15.4. The van der Waals surface area contributed by atoms with Gasteiger partial charge in [-0.25, -0.2) is 77.2 Å². The molecule has 578 valence electrons. The number of alkyl halides is 2. The first-order valence-corrected chi connectivity index (χ1v) is 35.1. The highest BCUT2D eigenvalue weighted by Crippen LogP contribution is 2.44. The van der Waals surface area contributed by atoms with Gasteiger partial charge in [0, 0.05) is 135 Å². The number of rotatable bonds is 18. The third-order valence-electron chi connectivity index (χ3n) is 16.8. The summed E-state index contributed by atoms with van der Waals surface area (Å²) in [5, 5.41) is 38.3. The smallest absolute Gasteiger partial charge is 0.481 e. The Balaban J connectivity index is 0.000000126. The average Bonchev–Trinajstić information content (AvgIpc) is 1.56. The van der Waals surface area contributed by atoms with E-state index >= 15 is 4.39 Å². The van der Waals surface area contributed by atoms with E-state index < -0.39 is 18.1 Å². The molecule has 11 aromatic heterocycles. The van der Waals surface area contributed by atoms with E-state index in [1.165, 1.54) is 23.9 Å². The summed E-state index contributed by atoms with van der Waals surface area (Å²) < 4.78 is 67.8. The normalized spacial score (nSPS) is 11.7. The Morgan fingerprint density at radius 3 is 1.26 bits per heavy atom. The molecule has 39 heteroatoms. The van der Waals surface area contributed by atoms with Crippen LogP contribution in [0, 0.1) is 5.82 Å². The quantitative estimate of drug-likeness (QED) is 0.0379. The molecule has 0 unspecified atom stereocenters. The summed E-state index contributed by atoms with van der Waals surface area (Å²) >= 11 is 0. The van der Waals surface area contributed by atoms with Crippen LogP contribution < -0.4 is 61.5 Å². The van der Waals surface area contributed by atoms with Crippen LogP contribution in [0.1, 0.15) is 27.7 Å². The van der Waals surface area contributed by atoms with Crippen molar-refractivity contribution in [2.75, 3.05) is 61.7 Å². The van der Waals surface area contributed by atoms with Crippen LogP contribution in [0.5, 0.6) is 23.4 Å². The molecule has 16 aromatic rings. The number of carbonyl (C=O) groups is 4. The first-order chi connectivity index (χ1) is 55.4. The summed E-state index contributed by atoms with van der Waals surface area (Å²) in [6, 6.07) is 30.9. The first kappa shape index (κ1) is 75.1. The lowest BCUT2D eigenvalue weighted by atomic mass is 10.0. The van der Waals surface area contributed by atoms with E-state index in [4.69, 9.17) is 9.47 Å². The van der Waals surface area contributed by atoms with Crippen LogP contribution in [0.15, 0.2) is 190 Å². The number of hydrogen-bond acceptors (Lipinski definition) is 20. The number of pyridine rings is 2. The molecule has 0 saturated carbocycles. The molecule has 0 atom stereocenters. The Hall–Kier alpha value is -15.7. The molecule has 1 aliphatic heterocycles. The summed E-state index contributed by atoms with van der Waals surface area (Å²) in [4.78, 5) is 94.2. The van der Waals surface area contributed by atoms with E-state index in [9.17, 15) is 28.0 Å². The average molecular weight is 1550 g/mol. The topological polar surface area (TPSA) is 439 Å². The molecule has 36 nitrogen and oxygen atoms in total. The van der Waals surface area contributed by atoms with Crippen molar-refractivity contribution in [3.05, 3.63) is 196 Å². The number of nitrogens with zero attached hydrogens (tertiary/aromatic N) is 16. The van der Waals surface area contributed by atoms with Crippen molar-refractivity contribution in [3.63, 3.8) is 0 Å². The molecule has 12 heterocycles. The SMILES string of the molecule is CCNC(=O)Nc1nc2c(-n3cccn3)c(F)c(-c3cccnc3)cc2[nH]1.CCNC(=O)Nc1nc2c(-n3cccn3)cc(-c3ccc(OC)nc3)cc2[nH]1.CCNC(=O)Nc1nc2c(-n3cccn3)cc(-c3ccc4c(c3)OC(F)(F)O4)cc2[nH]1.CCNC(=O)Nc1nc2c(-n3cccn3)cc(-c3cnc(OC)nc3)cc2[nH]1. The number of fused-ring (bicyclic) bond motifs is 5. The zero-order valence-corrected chi connectivity index (χ0v) is 61.3. The summed E-state index contributed by atoms with van der Waals surface area (Å²) in [6.45, 7) is 9.30. The Morgan fingerprint density at radius 1 is 0.430 bits per heavy atom. The highest BCUT2D eigenvalue weighted by atomic mass is 19.3. The van der Waals surface area contributed by atoms with Gasteiger partial charge < -0.3 is 60.2 Å². The van der Waals surface area contributed by atoms with Crippen LogP contribution in [-0.2, 0) is 0 Å². The number of halogens is 3. The number of aromatic amines is 4. The number of amides is 8. The maximum Gasteiger partial charge on any atom is 0.586 e. The molecule has 0 saturated heterocycles. The van der Waals surface area contributed by atoms with E-state index in [-0.39, 0.29) is 47.2 Å². The number of carbonyl (C=O) groups excluding carboxylic acids is 4. The number of benzene rings is 5. The lowest BCUT2D eigenvalue weighted by Gasteiger charge is -2.09. The monoisotopic (exact) mass is 1550 g/mol. The fraction of sp³-hybridized carbons (Fsp3) is 0.147. The molecule has 8 amide bonds. The number of H-pyrrole nitrogens is 4. The molecule has 1 aliphatic rings. The van der Waals surface area contributed by atoms with Gasteiger partial charge in [-0.05, 0) is 141 Å². The fourth-order valence-electron chi connectivity index (χ4n) is 11.9. The molecule has 12 N–H and O–H groups in total. The van der Waals surface area contributed by atoms with Gasteiger partial charge in [0.05, 0.1) is 53.3 Å². The molecular formula is C75H69F3N28O8. The summed E-state index contributed by atoms with van der Waals surface area (Å²) in [5.74, 6) is 1.17. The zero-order valence-electron chi connectivity index (χ0n) is 61.3. The van der Waals surface area contributed by atoms with Crippen molar-refractivity contribution in [1.29, 1.82) is 0 Å². The molecule has 0 bridgehead atoms. The molecule has 0 spiro atoms. The number of urea groups is 4. The third kappa shape index (κ3) is 16.9. The molecule has 5 aromatic carbocycles. The zero-order chi connectivity index (χ0) is 79.4. The van der Waals surface area contributed by atoms with Gasteiger partial charge in [0.25, 0.3) is 0 Å². The fourth-order valence-corrected chi connectivity index (χ4v) is 11.9. The number of aromatic nitrogens is 20. The van der Waals surface area contributed by atoms with Crippen LogP contribution in [-0.4, -0.2) is 170 Å². The van der Waals surface area contributed by atoms with Gasteiger partial charge in [-0.3, -0.25) is 26.3 Å². The molecule has 114 heavy (non-hydrogen) atoms. The highest BCUT2D eigenvalue weighted by Gasteiger charge is 2.43. The Kier molecular flexibility index (Phi) is 22.0. The number of anilines is 4. The number of ether oxygens (including phenoxy) is 4. The lowest BCUT2D eigenvalue weighted by molar-refractivity contribution is -0.286. The van der Waals surface area contributed by atoms with Gasteiger partial charge in [0.1, 0.15) is 27.8 Å². The predicted molar refractivity (Wildman–Crippen MR) is 416 cm³/mol. The van der Waals surface area contributed by atoms with E-state index in [0.29, 0.717) is 111 Å². The Labute approximate surface area is 642 Å². The van der Waals surface area contributed by atoms with Gasteiger partial charge in [0.15, 0.2) is 17.3 Å². The molecule has 0 radical (unpaired) electrons. The van der Waals surface area contributed by atoms with Gasteiger partial charge in [0.2, 0.25) is 29.7 Å². The van der Waals surface area contributed by atoms with E-state index in [0.717, 1.165) is 44.7 Å². The number of imidazole rings is 4. The van der Waals surface area contributed by atoms with Gasteiger partial charge in [-0.1, -0.05) is 12.1 Å². The summed E-state index contributed by atoms with van der Waals surface area (Å²) in [7, 11) is 3.10. The highest BCUT2D eigenvalue weighted by molar-refractivity contribution is 5.98. The maximum atomic E-state index is 15.4. The third-order valence-corrected chi connectivity index (χ3v) is 16.8. The second-order valence-corrected chi connectivity index (χ2v) is 24.4. The van der Waals surface area contributed by atoms with Crippen LogP contribution in [0.3, 0.4) is 0 Å². The van der Waals surface area contributed by atoms with Crippen molar-refractivity contribution in [2.45, 2.75) is 34.0 Å². The lowest BCUT2D eigenvalue weighted by Crippen LogP contribution is -2.28. The van der Waals surface area contributed by atoms with E-state index in [1.54, 1.807) is 132 Å². The standard InChI is InChI=1S/C20H16F2N6O3.C19H19N7O2.C18H16FN7O.C18H18N8O2/c1-2-23-19(29)27-18-25-13-8-12(9-14(17(13)26-18)28-7-3-6-24-28)11-4-5-15-16(10-11)31-20(21,22)30-15;1-3-20-19(27)25-18-23-14-9-13(12-5-6-16(28-2)21-11-12)10-15(17(14)24-18)26-8-4-7-22-26;1-2-21-18(27)25-17-23-13-9-12(11-5-3-6-20-10-11)14(19)16(15(13)24-17)26-8-4-7-22-26;1-3-19-17(27)25-16-23-13-7-11(12-9-20-18(28-2)21-10-12)8-14(15(13)24-16)26-6-4-5-22-26/h3-10H,2H2,1H3,(H3,23,25,26,27,29);4-11H,3H2,1-2H3,(H3,20,23,24,25,27);3-10H,2H2,1H3,(H3,21,23,24,25,27);4-10H,3H2,1-2H3,(H3,19,23,24,25,27). The van der Waals surface area contributed by atoms with Crippen LogP contribution in [0.2, 0.25) is 0 Å². The minimum atomic E-state index is -3.69. The summed E-state index contributed by atoms with van der Waals surface area (Å²) in [6.07, 6.45) is 18.3. The van der Waals surface area contributed by atoms with Crippen LogP contribution in [0.25, 0.3) is 111 Å². The van der Waals surface area contributed by atoms with Crippen molar-refractivity contribution in [3.8, 4) is 90.6 Å². The van der Waals surface area contributed by atoms with Crippen molar-refractivity contribution in [1.82, 2.24) is 120 Å². The van der Waals surface area contributed by atoms with E-state index in [1.807, 2.05) is 94.7 Å². The number of hydrogen-bond donors (Lipinski definition) is 12. The van der Waals surface area contributed by atoms with Crippen LogP contribution >= 0.6 is 0 Å². The van der Waals surface area contributed by atoms with Crippen LogP contribution in [0.4, 0.5) is 56.1 Å². The molecule has 17 rings (SSSR count). The first-order valence-electron chi connectivity index (χ1n) is 35.1. The largest absolute Gasteiger partial charge is 0.586 e. The minimum absolute atomic E-state index is 0.0305. The van der Waals surface area contributed by atoms with E-state index in [2.05, 4.69) is 132 Å². The summed E-state index contributed by atoms with van der Waals surface area (Å²) in [5.41, 5.74) is 13.2. The van der Waals surface area contributed by atoms with Gasteiger partial charge in [-0.15, -0.1) is 8.78 Å². The van der Waals surface area contributed by atoms with Crippen molar-refractivity contribution < 1.29 is 51.3 Å². The minimum Gasteiger partial charge on any atom is -0.481 e. The van der Waals surface area contributed by atoms with Crippen molar-refractivity contribution >= 4 is 92.1 Å². The van der Waals surface area contributed by atoms with Crippen molar-refractivity contribution in [2.24, 2.45) is 0 Å². The molecule has 0 fully saturated rings. The Morgan fingerprint density at radius 2 is 0.851 bits per heavy atom. The number of nitrogens with one attached hydrogen (secondary N) is 12. The molecule has 0 aliphatic carbocycles.